The molecule has 0 spiro atoms. The van der Waals surface area contributed by atoms with E-state index in [1.165, 1.54) is 0 Å². The summed E-state index contributed by atoms with van der Waals surface area (Å²) in [6.45, 7) is 3.96. The van der Waals surface area contributed by atoms with E-state index in [1.54, 1.807) is 30.5 Å². The van der Waals surface area contributed by atoms with Gasteiger partial charge in [-0.25, -0.2) is 4.99 Å². The molecule has 0 heterocycles. The van der Waals surface area contributed by atoms with Crippen LogP contribution in [-0.2, 0) is 0 Å². The van der Waals surface area contributed by atoms with Gasteiger partial charge in [0.2, 0.25) is 0 Å². The number of hydrogen-bond donors (Lipinski definition) is 1. The second-order valence-electron chi connectivity index (χ2n) is 3.66. The van der Waals surface area contributed by atoms with E-state index >= 15 is 0 Å². The maximum atomic E-state index is 5.99. The zero-order chi connectivity index (χ0) is 12.1. The maximum absolute atomic E-state index is 5.99. The zero-order valence-electron chi connectivity index (χ0n) is 9.65. The molecule has 1 aromatic rings. The van der Waals surface area contributed by atoms with Crippen molar-refractivity contribution in [2.24, 2.45) is 16.6 Å². The summed E-state index contributed by atoms with van der Waals surface area (Å²) in [6, 6.07) is 5.36. The van der Waals surface area contributed by atoms with Crippen LogP contribution in [0.4, 0.5) is 0 Å². The molecule has 0 amide bonds. The lowest BCUT2D eigenvalue weighted by molar-refractivity contribution is 0.872. The van der Waals surface area contributed by atoms with Crippen LogP contribution >= 0.6 is 35.6 Å². The first kappa shape index (κ1) is 16.3. The van der Waals surface area contributed by atoms with Gasteiger partial charge >= 0.3 is 0 Å². The first-order valence-electron chi connectivity index (χ1n) is 4.96. The van der Waals surface area contributed by atoms with Crippen molar-refractivity contribution in [2.45, 2.75) is 13.8 Å². The molecule has 0 aliphatic heterocycles. The minimum absolute atomic E-state index is 0. The molecule has 0 saturated carbocycles. The van der Waals surface area contributed by atoms with Crippen molar-refractivity contribution < 1.29 is 0 Å². The minimum atomic E-state index is 0. The summed E-state index contributed by atoms with van der Waals surface area (Å²) in [5.41, 5.74) is 6.45. The molecule has 0 aliphatic carbocycles. The van der Waals surface area contributed by atoms with Crippen LogP contribution in [0, 0.1) is 5.92 Å². The third-order valence-corrected chi connectivity index (χ3v) is 2.72. The fraction of sp³-hybridized carbons (Fsp3) is 0.250. The van der Waals surface area contributed by atoms with E-state index in [4.69, 9.17) is 28.9 Å². The summed E-state index contributed by atoms with van der Waals surface area (Å²) >= 11 is 12.0. The van der Waals surface area contributed by atoms with Crippen LogP contribution < -0.4 is 5.73 Å². The van der Waals surface area contributed by atoms with E-state index < -0.39 is 0 Å². The highest BCUT2D eigenvalue weighted by atomic mass is 35.5. The normalized spacial score (nSPS) is 11.9. The Morgan fingerprint density at radius 2 is 1.82 bits per heavy atom. The van der Waals surface area contributed by atoms with Crippen molar-refractivity contribution >= 4 is 47.5 Å². The van der Waals surface area contributed by atoms with Crippen LogP contribution in [0.1, 0.15) is 19.4 Å². The van der Waals surface area contributed by atoms with Crippen molar-refractivity contribution in [2.75, 3.05) is 0 Å². The third-order valence-electron chi connectivity index (χ3n) is 2.06. The molecule has 17 heavy (non-hydrogen) atoms. The van der Waals surface area contributed by atoms with E-state index in [1.807, 2.05) is 13.8 Å². The van der Waals surface area contributed by atoms with Gasteiger partial charge in [-0.1, -0.05) is 43.1 Å². The SMILES string of the molecule is CC(C)C(N)=N/C=C/c1c(Cl)cccc1Cl.Cl. The quantitative estimate of drug-likeness (QED) is 0.651. The van der Waals surface area contributed by atoms with Crippen LogP contribution in [0.3, 0.4) is 0 Å². The first-order valence-corrected chi connectivity index (χ1v) is 5.71. The van der Waals surface area contributed by atoms with E-state index in [2.05, 4.69) is 4.99 Å². The highest BCUT2D eigenvalue weighted by Crippen LogP contribution is 2.25. The number of benzene rings is 1. The largest absolute Gasteiger partial charge is 0.387 e. The fourth-order valence-electron chi connectivity index (χ4n) is 1.02. The van der Waals surface area contributed by atoms with E-state index in [9.17, 15) is 0 Å². The lowest BCUT2D eigenvalue weighted by atomic mass is 10.2. The average Bonchev–Trinajstić information content (AvgIpc) is 2.22. The lowest BCUT2D eigenvalue weighted by Crippen LogP contribution is -2.17. The maximum Gasteiger partial charge on any atom is 0.101 e. The predicted molar refractivity (Wildman–Crippen MR) is 79.2 cm³/mol. The Hall–Kier alpha value is -0.700. The molecule has 5 heteroatoms. The fourth-order valence-corrected chi connectivity index (χ4v) is 1.54. The molecule has 0 atom stereocenters. The van der Waals surface area contributed by atoms with Gasteiger partial charge in [-0.05, 0) is 18.2 Å². The Bertz CT molecular complexity index is 406. The molecule has 0 aliphatic rings. The molecule has 0 radical (unpaired) electrons. The first-order chi connectivity index (χ1) is 7.52. The molecule has 0 unspecified atom stereocenters. The van der Waals surface area contributed by atoms with Crippen molar-refractivity contribution in [3.63, 3.8) is 0 Å². The Balaban J connectivity index is 0.00000256. The molecule has 0 fully saturated rings. The number of amidine groups is 1. The summed E-state index contributed by atoms with van der Waals surface area (Å²) in [5.74, 6) is 0.811. The molecule has 1 rings (SSSR count). The predicted octanol–water partition coefficient (Wildman–Crippen LogP) is 4.40. The Labute approximate surface area is 118 Å². The molecule has 2 nitrogen and oxygen atoms in total. The third kappa shape index (κ3) is 4.99. The molecule has 0 saturated heterocycles. The van der Waals surface area contributed by atoms with Gasteiger partial charge in [0.15, 0.2) is 0 Å². The number of nitrogens with two attached hydrogens (primary N) is 1. The van der Waals surface area contributed by atoms with Gasteiger partial charge in [-0.3, -0.25) is 0 Å². The van der Waals surface area contributed by atoms with Crippen molar-refractivity contribution in [1.29, 1.82) is 0 Å². The van der Waals surface area contributed by atoms with Gasteiger partial charge in [-0.2, -0.15) is 0 Å². The van der Waals surface area contributed by atoms with Crippen LogP contribution in [0.15, 0.2) is 29.4 Å². The Morgan fingerprint density at radius 1 is 1.29 bits per heavy atom. The smallest absolute Gasteiger partial charge is 0.101 e. The summed E-state index contributed by atoms with van der Waals surface area (Å²) < 4.78 is 0. The van der Waals surface area contributed by atoms with Gasteiger partial charge < -0.3 is 5.73 Å². The number of nitrogens with zero attached hydrogens (tertiary/aromatic N) is 1. The molecular formula is C12H15Cl3N2. The van der Waals surface area contributed by atoms with Crippen molar-refractivity contribution in [3.8, 4) is 0 Å². The summed E-state index contributed by atoms with van der Waals surface area (Å²) in [4.78, 5) is 4.10. The van der Waals surface area contributed by atoms with E-state index in [-0.39, 0.29) is 18.3 Å². The van der Waals surface area contributed by atoms with Gasteiger partial charge in [0.05, 0.1) is 0 Å². The highest BCUT2D eigenvalue weighted by molar-refractivity contribution is 6.37. The van der Waals surface area contributed by atoms with E-state index in [0.29, 0.717) is 15.9 Å². The standard InChI is InChI=1S/C12H14Cl2N2.ClH/c1-8(2)12(15)16-7-6-9-10(13)4-3-5-11(9)14;/h3-8H,1-2H3,(H2,15,16);1H/b7-6+;. The monoisotopic (exact) mass is 292 g/mol. The van der Waals surface area contributed by atoms with Crippen LogP contribution in [0.5, 0.6) is 0 Å². The van der Waals surface area contributed by atoms with Crippen LogP contribution in [0.2, 0.25) is 10.0 Å². The summed E-state index contributed by atoms with van der Waals surface area (Å²) in [6.07, 6.45) is 3.36. The zero-order valence-corrected chi connectivity index (χ0v) is 12.0. The lowest BCUT2D eigenvalue weighted by Gasteiger charge is -2.02. The highest BCUT2D eigenvalue weighted by Gasteiger charge is 2.01. The molecule has 1 aromatic carbocycles. The van der Waals surface area contributed by atoms with Crippen LogP contribution in [0.25, 0.3) is 6.08 Å². The molecule has 0 bridgehead atoms. The van der Waals surface area contributed by atoms with Gasteiger partial charge in [0, 0.05) is 27.7 Å². The van der Waals surface area contributed by atoms with E-state index in [0.717, 1.165) is 5.56 Å². The number of rotatable bonds is 3. The second kappa shape index (κ2) is 7.59. The van der Waals surface area contributed by atoms with Gasteiger partial charge in [-0.15, -0.1) is 12.4 Å². The van der Waals surface area contributed by atoms with Crippen molar-refractivity contribution in [1.82, 2.24) is 0 Å². The van der Waals surface area contributed by atoms with Crippen molar-refractivity contribution in [3.05, 3.63) is 40.0 Å². The Morgan fingerprint density at radius 3 is 2.29 bits per heavy atom. The molecular weight excluding hydrogens is 279 g/mol. The number of halogens is 3. The minimum Gasteiger partial charge on any atom is -0.387 e. The number of aliphatic imine (C=N–C) groups is 1. The molecule has 2 N–H and O–H groups in total. The summed E-state index contributed by atoms with van der Waals surface area (Å²) in [7, 11) is 0. The summed E-state index contributed by atoms with van der Waals surface area (Å²) in [5, 5.41) is 1.20. The average molecular weight is 294 g/mol. The van der Waals surface area contributed by atoms with Gasteiger partial charge in [0.25, 0.3) is 0 Å². The number of hydrogen-bond acceptors (Lipinski definition) is 1. The van der Waals surface area contributed by atoms with Crippen LogP contribution in [-0.4, -0.2) is 5.84 Å². The molecule has 94 valence electrons. The topological polar surface area (TPSA) is 38.4 Å². The molecule has 0 aromatic heterocycles. The Kier molecular flexibility index (Phi) is 7.28. The second-order valence-corrected chi connectivity index (χ2v) is 4.47. The van der Waals surface area contributed by atoms with Gasteiger partial charge in [0.1, 0.15) is 5.84 Å².